The number of rotatable bonds is 4. The van der Waals surface area contributed by atoms with Gasteiger partial charge in [0.2, 0.25) is 12.7 Å². The minimum Gasteiger partial charge on any atom is -0.454 e. The average Bonchev–Trinajstić information content (AvgIpc) is 3.37. The van der Waals surface area contributed by atoms with E-state index in [0.717, 1.165) is 53.7 Å². The van der Waals surface area contributed by atoms with E-state index in [4.69, 9.17) is 9.47 Å². The van der Waals surface area contributed by atoms with Gasteiger partial charge in [-0.1, -0.05) is 6.07 Å². The van der Waals surface area contributed by atoms with E-state index in [9.17, 15) is 22.8 Å². The molecule has 174 valence electrons. The van der Waals surface area contributed by atoms with Gasteiger partial charge < -0.3 is 9.47 Å². The molecule has 3 aliphatic rings. The Hall–Kier alpha value is -3.11. The number of ether oxygens (including phenoxy) is 2. The third-order valence-corrected chi connectivity index (χ3v) is 6.27. The lowest BCUT2D eigenvalue weighted by Crippen LogP contribution is -2.52. The fourth-order valence-corrected chi connectivity index (χ4v) is 4.50. The van der Waals surface area contributed by atoms with Crippen LogP contribution in [0, 0.1) is 0 Å². The van der Waals surface area contributed by atoms with E-state index in [2.05, 4.69) is 4.90 Å². The smallest absolute Gasteiger partial charge is 0.416 e. The van der Waals surface area contributed by atoms with Crippen LogP contribution in [0.15, 0.2) is 42.5 Å². The summed E-state index contributed by atoms with van der Waals surface area (Å²) < 4.78 is 49.2. The lowest BCUT2D eigenvalue weighted by Gasteiger charge is -2.37. The summed E-state index contributed by atoms with van der Waals surface area (Å²) in [6, 6.07) is 9.39. The first-order valence-corrected chi connectivity index (χ1v) is 10.7. The van der Waals surface area contributed by atoms with Gasteiger partial charge in [0.05, 0.1) is 23.7 Å². The summed E-state index contributed by atoms with van der Waals surface area (Å²) in [7, 11) is 0. The van der Waals surface area contributed by atoms with Crippen LogP contribution in [-0.2, 0) is 22.3 Å². The maximum atomic E-state index is 13.0. The Morgan fingerprint density at radius 3 is 2.30 bits per heavy atom. The zero-order valence-corrected chi connectivity index (χ0v) is 17.7. The molecule has 0 aliphatic carbocycles. The Morgan fingerprint density at radius 2 is 1.61 bits per heavy atom. The molecule has 0 spiro atoms. The van der Waals surface area contributed by atoms with E-state index in [-0.39, 0.29) is 24.8 Å². The Bertz CT molecular complexity index is 1070. The summed E-state index contributed by atoms with van der Waals surface area (Å²) in [5, 5.41) is 0. The molecule has 5 rings (SSSR count). The predicted molar refractivity (Wildman–Crippen MR) is 112 cm³/mol. The van der Waals surface area contributed by atoms with Crippen LogP contribution in [0.4, 0.5) is 18.9 Å². The molecule has 3 heterocycles. The molecule has 2 amide bonds. The molecule has 7 nitrogen and oxygen atoms in total. The van der Waals surface area contributed by atoms with Crippen molar-refractivity contribution in [3.63, 3.8) is 0 Å². The number of alkyl halides is 3. The van der Waals surface area contributed by atoms with Gasteiger partial charge in [0.25, 0.3) is 5.91 Å². The van der Waals surface area contributed by atoms with Crippen molar-refractivity contribution in [2.45, 2.75) is 25.2 Å². The van der Waals surface area contributed by atoms with Crippen LogP contribution in [0.5, 0.6) is 11.5 Å². The minimum absolute atomic E-state index is 0.0298. The van der Waals surface area contributed by atoms with Crippen molar-refractivity contribution in [1.82, 2.24) is 9.80 Å². The molecular weight excluding hydrogens is 439 g/mol. The number of carbonyl (C=O) groups is 2. The second kappa shape index (κ2) is 8.35. The summed E-state index contributed by atoms with van der Waals surface area (Å²) in [6.45, 7) is 3.67. The van der Waals surface area contributed by atoms with Crippen molar-refractivity contribution in [3.8, 4) is 11.5 Å². The highest BCUT2D eigenvalue weighted by Crippen LogP contribution is 2.34. The van der Waals surface area contributed by atoms with Crippen LogP contribution in [0.25, 0.3) is 0 Å². The molecule has 3 aliphatic heterocycles. The second-order valence-corrected chi connectivity index (χ2v) is 8.33. The highest BCUT2D eigenvalue weighted by atomic mass is 19.4. The van der Waals surface area contributed by atoms with Gasteiger partial charge in [0.15, 0.2) is 11.5 Å². The van der Waals surface area contributed by atoms with E-state index in [1.165, 1.54) is 12.1 Å². The zero-order valence-electron chi connectivity index (χ0n) is 17.7. The molecule has 33 heavy (non-hydrogen) atoms. The largest absolute Gasteiger partial charge is 0.454 e. The molecule has 1 atom stereocenters. The molecule has 0 bridgehead atoms. The third kappa shape index (κ3) is 4.28. The number of carbonyl (C=O) groups excluding carboxylic acids is 2. The highest BCUT2D eigenvalue weighted by molar-refractivity contribution is 6.22. The number of nitrogens with zero attached hydrogens (tertiary/aromatic N) is 3. The Labute approximate surface area is 188 Å². The second-order valence-electron chi connectivity index (χ2n) is 8.33. The summed E-state index contributed by atoms with van der Waals surface area (Å²) >= 11 is 0. The van der Waals surface area contributed by atoms with Gasteiger partial charge in [-0.15, -0.1) is 0 Å². The molecule has 1 unspecified atom stereocenters. The van der Waals surface area contributed by atoms with Gasteiger partial charge in [-0.2, -0.15) is 13.2 Å². The number of hydrogen-bond donors (Lipinski definition) is 0. The van der Waals surface area contributed by atoms with Crippen LogP contribution in [-0.4, -0.2) is 60.6 Å². The van der Waals surface area contributed by atoms with Gasteiger partial charge in [-0.05, 0) is 42.0 Å². The lowest BCUT2D eigenvalue weighted by molar-refractivity contribution is -0.137. The molecular formula is C23H22F3N3O4. The lowest BCUT2D eigenvalue weighted by atomic mass is 10.1. The number of amides is 2. The number of hydrogen-bond acceptors (Lipinski definition) is 6. The molecule has 2 aromatic rings. The van der Waals surface area contributed by atoms with Crippen molar-refractivity contribution in [1.29, 1.82) is 0 Å². The monoisotopic (exact) mass is 461 g/mol. The third-order valence-electron chi connectivity index (χ3n) is 6.27. The number of fused-ring (bicyclic) bond motifs is 1. The SMILES string of the molecule is O=C1CC(N2CCN(Cc3ccc4c(c3)OCO4)CC2)C(=O)N1c1ccc(C(F)(F)F)cc1. The summed E-state index contributed by atoms with van der Waals surface area (Å²) in [5.74, 6) is 0.701. The highest BCUT2D eigenvalue weighted by Gasteiger charge is 2.43. The van der Waals surface area contributed by atoms with Gasteiger partial charge in [0.1, 0.15) is 0 Å². The van der Waals surface area contributed by atoms with Crippen LogP contribution in [0.1, 0.15) is 17.5 Å². The van der Waals surface area contributed by atoms with Crippen molar-refractivity contribution < 1.29 is 32.2 Å². The number of benzene rings is 2. The molecule has 0 N–H and O–H groups in total. The van der Waals surface area contributed by atoms with E-state index in [1.54, 1.807) is 0 Å². The number of imide groups is 1. The van der Waals surface area contributed by atoms with Crippen LogP contribution >= 0.6 is 0 Å². The van der Waals surface area contributed by atoms with Crippen LogP contribution in [0.2, 0.25) is 0 Å². The van der Waals surface area contributed by atoms with Gasteiger partial charge in [-0.25, -0.2) is 4.90 Å². The predicted octanol–water partition coefficient (Wildman–Crippen LogP) is 2.88. The van der Waals surface area contributed by atoms with Crippen LogP contribution in [0.3, 0.4) is 0 Å². The Morgan fingerprint density at radius 1 is 0.909 bits per heavy atom. The van der Waals surface area contributed by atoms with Crippen molar-refractivity contribution in [2.75, 3.05) is 37.9 Å². The Balaban J connectivity index is 1.20. The van der Waals surface area contributed by atoms with E-state index < -0.39 is 23.7 Å². The summed E-state index contributed by atoms with van der Waals surface area (Å²) in [5.41, 5.74) is 0.454. The fraction of sp³-hybridized carbons (Fsp3) is 0.391. The van der Waals surface area contributed by atoms with Gasteiger partial charge >= 0.3 is 6.18 Å². The first-order chi connectivity index (χ1) is 15.8. The van der Waals surface area contributed by atoms with Gasteiger partial charge in [-0.3, -0.25) is 19.4 Å². The van der Waals surface area contributed by atoms with Crippen molar-refractivity contribution in [2.24, 2.45) is 0 Å². The average molecular weight is 461 g/mol. The van der Waals surface area contributed by atoms with E-state index >= 15 is 0 Å². The molecule has 0 saturated carbocycles. The molecule has 0 radical (unpaired) electrons. The molecule has 2 saturated heterocycles. The van der Waals surface area contributed by atoms with E-state index in [1.807, 2.05) is 23.1 Å². The molecule has 10 heteroatoms. The minimum atomic E-state index is -4.47. The quantitative estimate of drug-likeness (QED) is 0.653. The summed E-state index contributed by atoms with van der Waals surface area (Å²) in [6.07, 6.45) is -4.44. The number of anilines is 1. The van der Waals surface area contributed by atoms with Crippen molar-refractivity contribution in [3.05, 3.63) is 53.6 Å². The van der Waals surface area contributed by atoms with Crippen LogP contribution < -0.4 is 14.4 Å². The molecule has 2 fully saturated rings. The normalized spacial score (nSPS) is 21.8. The van der Waals surface area contributed by atoms with Crippen molar-refractivity contribution >= 4 is 17.5 Å². The first kappa shape index (κ1) is 21.7. The zero-order chi connectivity index (χ0) is 23.2. The molecule has 2 aromatic carbocycles. The standard InChI is InChI=1S/C23H22F3N3O4/c24-23(25,26)16-2-4-17(5-3-16)29-21(30)12-18(22(29)31)28-9-7-27(8-10-28)13-15-1-6-19-20(11-15)33-14-32-19/h1-6,11,18H,7-10,12-14H2. The number of piperazine rings is 1. The fourth-order valence-electron chi connectivity index (χ4n) is 4.50. The maximum absolute atomic E-state index is 13.0. The maximum Gasteiger partial charge on any atom is 0.416 e. The summed E-state index contributed by atoms with van der Waals surface area (Å²) in [4.78, 5) is 30.8. The first-order valence-electron chi connectivity index (χ1n) is 10.7. The van der Waals surface area contributed by atoms with Gasteiger partial charge in [0, 0.05) is 32.7 Å². The topological polar surface area (TPSA) is 62.3 Å². The number of halogens is 3. The molecule has 0 aromatic heterocycles. The Kier molecular flexibility index (Phi) is 5.49. The van der Waals surface area contributed by atoms with E-state index in [0.29, 0.717) is 13.1 Å².